The number of nitrogens with zero attached hydrogens (tertiary/aromatic N) is 4. The van der Waals surface area contributed by atoms with Crippen LogP contribution in [0.4, 0.5) is 5.69 Å². The van der Waals surface area contributed by atoms with Gasteiger partial charge in [-0.05, 0) is 90.6 Å². The summed E-state index contributed by atoms with van der Waals surface area (Å²) in [6.45, 7) is 6.74. The van der Waals surface area contributed by atoms with Crippen molar-refractivity contribution in [3.05, 3.63) is 204 Å². The lowest BCUT2D eigenvalue weighted by Gasteiger charge is -2.37. The van der Waals surface area contributed by atoms with Gasteiger partial charge in [-0.15, -0.1) is 0 Å². The van der Waals surface area contributed by atoms with Crippen LogP contribution in [0, 0.1) is 18.8 Å². The predicted molar refractivity (Wildman–Crippen MR) is 233 cm³/mol. The third-order valence-electron chi connectivity index (χ3n) is 11.3. The van der Waals surface area contributed by atoms with Gasteiger partial charge in [-0.2, -0.15) is 0 Å². The molecule has 0 fully saturated rings. The molecule has 4 aromatic carbocycles. The van der Waals surface area contributed by atoms with E-state index in [9.17, 15) is 0 Å². The van der Waals surface area contributed by atoms with E-state index in [2.05, 4.69) is 177 Å². The molecule has 0 aliphatic heterocycles. The Bertz CT molecular complexity index is 2540. The molecule has 0 spiro atoms. The number of hydrogen-bond donors (Lipinski definition) is 0. The van der Waals surface area contributed by atoms with Crippen LogP contribution in [0.25, 0.3) is 45.0 Å². The monoisotopic (exact) mass is 726 g/mol. The third kappa shape index (κ3) is 7.11. The van der Waals surface area contributed by atoms with E-state index < -0.39 is 0 Å². The van der Waals surface area contributed by atoms with E-state index >= 15 is 0 Å². The summed E-state index contributed by atoms with van der Waals surface area (Å²) in [7, 11) is 0. The Morgan fingerprint density at radius 1 is 0.661 bits per heavy atom. The van der Waals surface area contributed by atoms with Crippen LogP contribution in [0.2, 0.25) is 0 Å². The molecule has 5 aromatic rings. The molecule has 1 heterocycles. The first kappa shape index (κ1) is 35.3. The molecule has 4 heteroatoms. The first-order valence-electron chi connectivity index (χ1n) is 19.9. The molecule has 0 radical (unpaired) electrons. The van der Waals surface area contributed by atoms with Gasteiger partial charge in [-0.25, -0.2) is 15.0 Å². The quantitative estimate of drug-likeness (QED) is 0.160. The van der Waals surface area contributed by atoms with Crippen molar-refractivity contribution in [2.24, 2.45) is 11.8 Å². The molecule has 0 saturated carbocycles. The van der Waals surface area contributed by atoms with Crippen molar-refractivity contribution in [3.63, 3.8) is 0 Å². The maximum atomic E-state index is 5.20. The molecule has 274 valence electrons. The van der Waals surface area contributed by atoms with Crippen LogP contribution in [-0.2, 0) is 0 Å². The van der Waals surface area contributed by atoms with Crippen molar-refractivity contribution in [2.75, 3.05) is 4.90 Å². The number of benzene rings is 4. The van der Waals surface area contributed by atoms with Gasteiger partial charge >= 0.3 is 0 Å². The van der Waals surface area contributed by atoms with E-state index in [0.717, 1.165) is 36.0 Å². The summed E-state index contributed by atoms with van der Waals surface area (Å²) in [5, 5.41) is 0. The van der Waals surface area contributed by atoms with E-state index in [1.807, 2.05) is 18.2 Å². The Morgan fingerprint density at radius 2 is 1.41 bits per heavy atom. The molecule has 9 rings (SSSR count). The van der Waals surface area contributed by atoms with E-state index in [1.165, 1.54) is 50.4 Å². The van der Waals surface area contributed by atoms with E-state index in [-0.39, 0.29) is 6.04 Å². The van der Waals surface area contributed by atoms with Crippen LogP contribution < -0.4 is 4.90 Å². The fourth-order valence-electron chi connectivity index (χ4n) is 8.47. The number of allylic oxidation sites excluding steroid dienone is 13. The largest absolute Gasteiger partial charge is 0.334 e. The molecule has 0 N–H and O–H groups in total. The normalized spacial score (nSPS) is 20.0. The highest BCUT2D eigenvalue weighted by Crippen LogP contribution is 2.41. The number of rotatable bonds is 8. The smallest absolute Gasteiger partial charge is 0.164 e. The van der Waals surface area contributed by atoms with Gasteiger partial charge in [0.05, 0.1) is 6.04 Å². The summed E-state index contributed by atoms with van der Waals surface area (Å²) in [6.07, 6.45) is 28.0. The van der Waals surface area contributed by atoms with Crippen LogP contribution in [0.5, 0.6) is 0 Å². The topological polar surface area (TPSA) is 41.9 Å². The molecule has 4 nitrogen and oxygen atoms in total. The first-order chi connectivity index (χ1) is 27.5. The maximum Gasteiger partial charge on any atom is 0.164 e. The van der Waals surface area contributed by atoms with Gasteiger partial charge in [0.25, 0.3) is 0 Å². The highest BCUT2D eigenvalue weighted by atomic mass is 15.2. The van der Waals surface area contributed by atoms with Crippen molar-refractivity contribution in [1.29, 1.82) is 0 Å². The number of aromatic nitrogens is 3. The zero-order chi connectivity index (χ0) is 38.0. The van der Waals surface area contributed by atoms with Gasteiger partial charge in [-0.3, -0.25) is 0 Å². The Kier molecular flexibility index (Phi) is 9.71. The second-order valence-electron chi connectivity index (χ2n) is 15.4. The standard InChI is InChI=1S/C52H46N4/c1-35-15-12-24-43(31-35)51-53-50(40-20-8-5-9-21-40)54-52(55-51)48-26-13-16-36(2)49(48)47-30-29-45(32-37(47)3)56(46-28-27-39-19-10-11-22-41(39)34-46)44-25-14-23-42(33-44)38-17-6-4-7-18-38/h4-14,16-26,28-31,33-35,39,45H,15,27,32H2,1-3H3. The third-order valence-corrected chi connectivity index (χ3v) is 11.3. The van der Waals surface area contributed by atoms with Gasteiger partial charge < -0.3 is 4.90 Å². The van der Waals surface area contributed by atoms with Crippen molar-refractivity contribution >= 4 is 16.8 Å². The predicted octanol–water partition coefficient (Wildman–Crippen LogP) is 12.7. The minimum absolute atomic E-state index is 0.125. The molecule has 0 saturated heterocycles. The summed E-state index contributed by atoms with van der Waals surface area (Å²) in [5.74, 6) is 2.95. The minimum Gasteiger partial charge on any atom is -0.334 e. The SMILES string of the molecule is CC1=C(c2c(C)cccc2-c2nc(C3=CC(C)CC=C3)nc(-c3ccccc3)n2)C=CC(N(C2=CCC3C=CC=CC3=C2)c2cccc(-c3ccccc3)c2)C1. The van der Waals surface area contributed by atoms with Crippen molar-refractivity contribution in [3.8, 4) is 33.9 Å². The number of aryl methyl sites for hydroxylation is 1. The summed E-state index contributed by atoms with van der Waals surface area (Å²) in [6, 6.07) is 36.6. The van der Waals surface area contributed by atoms with Crippen LogP contribution in [0.1, 0.15) is 50.1 Å². The molecule has 0 bridgehead atoms. The van der Waals surface area contributed by atoms with Crippen molar-refractivity contribution in [1.82, 2.24) is 15.0 Å². The second kappa shape index (κ2) is 15.4. The zero-order valence-corrected chi connectivity index (χ0v) is 32.3. The maximum absolute atomic E-state index is 5.20. The molecule has 0 amide bonds. The minimum atomic E-state index is 0.125. The van der Waals surface area contributed by atoms with Crippen molar-refractivity contribution < 1.29 is 0 Å². The van der Waals surface area contributed by atoms with Gasteiger partial charge in [-0.1, -0.05) is 164 Å². The fourth-order valence-corrected chi connectivity index (χ4v) is 8.47. The Labute approximate surface area is 331 Å². The highest BCUT2D eigenvalue weighted by molar-refractivity contribution is 5.89. The Morgan fingerprint density at radius 3 is 2.21 bits per heavy atom. The summed E-state index contributed by atoms with van der Waals surface area (Å²) >= 11 is 0. The van der Waals surface area contributed by atoms with Crippen LogP contribution in [-0.4, -0.2) is 21.0 Å². The van der Waals surface area contributed by atoms with E-state index in [0.29, 0.717) is 29.3 Å². The average Bonchev–Trinajstić information content (AvgIpc) is 3.24. The molecule has 3 unspecified atom stereocenters. The van der Waals surface area contributed by atoms with Crippen LogP contribution >= 0.6 is 0 Å². The molecular formula is C52H46N4. The number of anilines is 1. The average molecular weight is 727 g/mol. The van der Waals surface area contributed by atoms with Gasteiger partial charge in [0.1, 0.15) is 0 Å². The molecule has 4 aliphatic carbocycles. The lowest BCUT2D eigenvalue weighted by Crippen LogP contribution is -2.35. The summed E-state index contributed by atoms with van der Waals surface area (Å²) in [5.41, 5.74) is 14.2. The van der Waals surface area contributed by atoms with Gasteiger partial charge in [0.2, 0.25) is 0 Å². The lowest BCUT2D eigenvalue weighted by molar-refractivity contribution is 0.712. The van der Waals surface area contributed by atoms with Gasteiger partial charge in [0.15, 0.2) is 17.5 Å². The number of fused-ring (bicyclic) bond motifs is 1. The van der Waals surface area contributed by atoms with Crippen LogP contribution in [0.15, 0.2) is 187 Å². The molecular weight excluding hydrogens is 681 g/mol. The number of hydrogen-bond acceptors (Lipinski definition) is 4. The summed E-state index contributed by atoms with van der Waals surface area (Å²) < 4.78 is 0. The van der Waals surface area contributed by atoms with Crippen molar-refractivity contribution in [2.45, 2.75) is 46.1 Å². The Balaban J connectivity index is 1.12. The molecule has 56 heavy (non-hydrogen) atoms. The summed E-state index contributed by atoms with van der Waals surface area (Å²) in [4.78, 5) is 17.9. The lowest BCUT2D eigenvalue weighted by atomic mass is 9.84. The van der Waals surface area contributed by atoms with E-state index in [4.69, 9.17) is 15.0 Å². The highest BCUT2D eigenvalue weighted by Gasteiger charge is 2.28. The molecule has 3 atom stereocenters. The first-order valence-corrected chi connectivity index (χ1v) is 19.9. The van der Waals surface area contributed by atoms with E-state index in [1.54, 1.807) is 0 Å². The zero-order valence-electron chi connectivity index (χ0n) is 32.3. The Hall–Kier alpha value is -6.39. The molecule has 1 aromatic heterocycles. The fraction of sp³-hybridized carbons (Fsp3) is 0.173. The second-order valence-corrected chi connectivity index (χ2v) is 15.4. The van der Waals surface area contributed by atoms with Crippen LogP contribution in [0.3, 0.4) is 0 Å². The molecule has 4 aliphatic rings. The van der Waals surface area contributed by atoms with Gasteiger partial charge in [0, 0.05) is 34.0 Å².